The molecule has 7 heteroatoms. The first-order chi connectivity index (χ1) is 11.6. The maximum atomic E-state index is 13.2. The zero-order chi connectivity index (χ0) is 16.9. The summed E-state index contributed by atoms with van der Waals surface area (Å²) in [5, 5.41) is 6.27. The molecule has 5 nitrogen and oxygen atoms in total. The van der Waals surface area contributed by atoms with Crippen molar-refractivity contribution in [2.45, 2.75) is 0 Å². The fourth-order valence-electron chi connectivity index (χ4n) is 2.06. The second kappa shape index (κ2) is 7.14. The average molecular weight is 345 g/mol. The Labute approximate surface area is 143 Å². The molecule has 122 valence electrons. The van der Waals surface area contributed by atoms with Gasteiger partial charge in [-0.2, -0.15) is 0 Å². The molecule has 0 amide bonds. The molecular formula is C17H14ClFN4O. The lowest BCUT2D eigenvalue weighted by Gasteiger charge is -2.10. The van der Waals surface area contributed by atoms with Crippen LogP contribution < -0.4 is 15.4 Å². The zero-order valence-corrected chi connectivity index (χ0v) is 13.5. The number of hydrogen-bond donors (Lipinski definition) is 2. The third-order valence-corrected chi connectivity index (χ3v) is 3.49. The molecule has 2 N–H and O–H groups in total. The van der Waals surface area contributed by atoms with Gasteiger partial charge in [-0.1, -0.05) is 17.7 Å². The van der Waals surface area contributed by atoms with Crippen LogP contribution in [0, 0.1) is 5.82 Å². The molecule has 0 bridgehead atoms. The van der Waals surface area contributed by atoms with Crippen LogP contribution in [0.15, 0.2) is 54.9 Å². The Morgan fingerprint density at radius 1 is 0.958 bits per heavy atom. The maximum absolute atomic E-state index is 13.2. The number of rotatable bonds is 5. The van der Waals surface area contributed by atoms with Gasteiger partial charge in [0.2, 0.25) is 0 Å². The fourth-order valence-corrected chi connectivity index (χ4v) is 2.25. The molecule has 1 heterocycles. The van der Waals surface area contributed by atoms with Crippen LogP contribution in [0.2, 0.25) is 5.02 Å². The minimum absolute atomic E-state index is 0.0452. The van der Waals surface area contributed by atoms with E-state index in [2.05, 4.69) is 20.6 Å². The lowest BCUT2D eigenvalue weighted by Crippen LogP contribution is -1.99. The first-order valence-corrected chi connectivity index (χ1v) is 7.47. The predicted octanol–water partition coefficient (Wildman–Crippen LogP) is 4.76. The summed E-state index contributed by atoms with van der Waals surface area (Å²) in [7, 11) is 1.61. The molecule has 3 aromatic rings. The monoisotopic (exact) mass is 344 g/mol. The lowest BCUT2D eigenvalue weighted by atomic mass is 10.3. The Bertz CT molecular complexity index is 859. The van der Waals surface area contributed by atoms with Gasteiger partial charge in [-0.3, -0.25) is 0 Å². The van der Waals surface area contributed by atoms with Gasteiger partial charge in [-0.05, 0) is 30.3 Å². The quantitative estimate of drug-likeness (QED) is 0.698. The third kappa shape index (κ3) is 3.91. The summed E-state index contributed by atoms with van der Waals surface area (Å²) in [4.78, 5) is 8.31. The number of ether oxygens (including phenoxy) is 1. The summed E-state index contributed by atoms with van der Waals surface area (Å²) in [6, 6.07) is 13.6. The van der Waals surface area contributed by atoms with Crippen molar-refractivity contribution in [3.05, 3.63) is 65.7 Å². The van der Waals surface area contributed by atoms with Crippen LogP contribution in [-0.2, 0) is 0 Å². The molecule has 2 aromatic carbocycles. The fraction of sp³-hybridized carbons (Fsp3) is 0.0588. The Morgan fingerprint density at radius 2 is 1.67 bits per heavy atom. The van der Waals surface area contributed by atoms with Gasteiger partial charge < -0.3 is 15.4 Å². The molecule has 0 saturated heterocycles. The van der Waals surface area contributed by atoms with Crippen molar-refractivity contribution < 1.29 is 9.13 Å². The van der Waals surface area contributed by atoms with Gasteiger partial charge in [0, 0.05) is 23.5 Å². The predicted molar refractivity (Wildman–Crippen MR) is 93.0 cm³/mol. The highest BCUT2D eigenvalue weighted by atomic mass is 35.5. The van der Waals surface area contributed by atoms with Gasteiger partial charge in [0.1, 0.15) is 29.5 Å². The standard InChI is InChI=1S/C17H14ClFN4O/c1-24-13-4-2-3-11(7-13)22-16-9-17(21-10-20-16)23-12-5-6-15(19)14(18)8-12/h2-10H,1H3,(H2,20,21,22,23). The van der Waals surface area contributed by atoms with E-state index >= 15 is 0 Å². The summed E-state index contributed by atoms with van der Waals surface area (Å²) in [5.74, 6) is 1.44. The van der Waals surface area contributed by atoms with Gasteiger partial charge >= 0.3 is 0 Å². The van der Waals surface area contributed by atoms with Crippen LogP contribution in [0.4, 0.5) is 27.4 Å². The number of halogens is 2. The number of methoxy groups -OCH3 is 1. The molecular weight excluding hydrogens is 331 g/mol. The molecule has 0 spiro atoms. The van der Waals surface area contributed by atoms with Crippen molar-refractivity contribution >= 4 is 34.6 Å². The van der Waals surface area contributed by atoms with E-state index < -0.39 is 5.82 Å². The summed E-state index contributed by atoms with van der Waals surface area (Å²) >= 11 is 5.78. The molecule has 24 heavy (non-hydrogen) atoms. The first kappa shape index (κ1) is 16.0. The Balaban J connectivity index is 1.77. The minimum atomic E-state index is -0.467. The molecule has 0 radical (unpaired) electrons. The van der Waals surface area contributed by atoms with E-state index in [1.807, 2.05) is 24.3 Å². The van der Waals surface area contributed by atoms with Crippen LogP contribution in [0.3, 0.4) is 0 Å². The normalized spacial score (nSPS) is 10.3. The SMILES string of the molecule is COc1cccc(Nc2cc(Nc3ccc(F)c(Cl)c3)ncn2)c1. The topological polar surface area (TPSA) is 59.1 Å². The van der Waals surface area contributed by atoms with Crippen LogP contribution in [0.5, 0.6) is 5.75 Å². The van der Waals surface area contributed by atoms with Crippen molar-refractivity contribution in [1.82, 2.24) is 9.97 Å². The average Bonchev–Trinajstić information content (AvgIpc) is 2.59. The van der Waals surface area contributed by atoms with Crippen LogP contribution >= 0.6 is 11.6 Å². The Morgan fingerprint density at radius 3 is 2.33 bits per heavy atom. The summed E-state index contributed by atoms with van der Waals surface area (Å²) in [6.45, 7) is 0. The van der Waals surface area contributed by atoms with Crippen LogP contribution in [0.25, 0.3) is 0 Å². The molecule has 1 aromatic heterocycles. The van der Waals surface area contributed by atoms with Crippen molar-refractivity contribution in [1.29, 1.82) is 0 Å². The van der Waals surface area contributed by atoms with E-state index in [0.29, 0.717) is 17.3 Å². The second-order valence-corrected chi connectivity index (χ2v) is 5.31. The molecule has 3 rings (SSSR count). The van der Waals surface area contributed by atoms with E-state index in [0.717, 1.165) is 11.4 Å². The van der Waals surface area contributed by atoms with E-state index in [1.165, 1.54) is 18.5 Å². The zero-order valence-electron chi connectivity index (χ0n) is 12.8. The maximum Gasteiger partial charge on any atom is 0.141 e. The minimum Gasteiger partial charge on any atom is -0.497 e. The highest BCUT2D eigenvalue weighted by Crippen LogP contribution is 2.24. The van der Waals surface area contributed by atoms with E-state index in [9.17, 15) is 4.39 Å². The molecule has 0 saturated carbocycles. The highest BCUT2D eigenvalue weighted by Gasteiger charge is 2.04. The summed E-state index contributed by atoms with van der Waals surface area (Å²) in [5.41, 5.74) is 1.47. The van der Waals surface area contributed by atoms with Crippen molar-refractivity contribution in [2.24, 2.45) is 0 Å². The van der Waals surface area contributed by atoms with Crippen molar-refractivity contribution in [3.63, 3.8) is 0 Å². The number of nitrogens with zero attached hydrogens (tertiary/aromatic N) is 2. The van der Waals surface area contributed by atoms with Gasteiger partial charge in [-0.25, -0.2) is 14.4 Å². The van der Waals surface area contributed by atoms with Gasteiger partial charge in [0.05, 0.1) is 12.1 Å². The summed E-state index contributed by atoms with van der Waals surface area (Å²) < 4.78 is 18.4. The molecule has 0 unspecified atom stereocenters. The largest absolute Gasteiger partial charge is 0.497 e. The van der Waals surface area contributed by atoms with E-state index in [-0.39, 0.29) is 5.02 Å². The highest BCUT2D eigenvalue weighted by molar-refractivity contribution is 6.31. The van der Waals surface area contributed by atoms with Gasteiger partial charge in [0.15, 0.2) is 0 Å². The Hall–Kier alpha value is -2.86. The smallest absolute Gasteiger partial charge is 0.141 e. The number of benzene rings is 2. The second-order valence-electron chi connectivity index (χ2n) is 4.90. The van der Waals surface area contributed by atoms with Gasteiger partial charge in [0.25, 0.3) is 0 Å². The molecule has 0 fully saturated rings. The lowest BCUT2D eigenvalue weighted by molar-refractivity contribution is 0.415. The number of hydrogen-bond acceptors (Lipinski definition) is 5. The first-order valence-electron chi connectivity index (χ1n) is 7.09. The molecule has 0 aliphatic carbocycles. The molecule has 0 atom stereocenters. The summed E-state index contributed by atoms with van der Waals surface area (Å²) in [6.07, 6.45) is 1.43. The van der Waals surface area contributed by atoms with E-state index in [4.69, 9.17) is 16.3 Å². The van der Waals surface area contributed by atoms with Gasteiger partial charge in [-0.15, -0.1) is 0 Å². The van der Waals surface area contributed by atoms with E-state index in [1.54, 1.807) is 19.2 Å². The molecule has 0 aliphatic rings. The third-order valence-electron chi connectivity index (χ3n) is 3.20. The van der Waals surface area contributed by atoms with Crippen LogP contribution in [-0.4, -0.2) is 17.1 Å². The van der Waals surface area contributed by atoms with Crippen LogP contribution in [0.1, 0.15) is 0 Å². The molecule has 0 aliphatic heterocycles. The Kier molecular flexibility index (Phi) is 4.77. The number of nitrogens with one attached hydrogen (secondary N) is 2. The van der Waals surface area contributed by atoms with Crippen molar-refractivity contribution in [2.75, 3.05) is 17.7 Å². The van der Waals surface area contributed by atoms with Crippen molar-refractivity contribution in [3.8, 4) is 5.75 Å². The number of anilines is 4. The number of aromatic nitrogens is 2.